The lowest BCUT2D eigenvalue weighted by Gasteiger charge is -2.12. The van der Waals surface area contributed by atoms with Crippen molar-refractivity contribution in [3.05, 3.63) is 60.2 Å². The van der Waals surface area contributed by atoms with E-state index in [4.69, 9.17) is 4.74 Å². The van der Waals surface area contributed by atoms with Crippen LogP contribution in [0.25, 0.3) is 11.1 Å². The minimum Gasteiger partial charge on any atom is -0.367 e. The van der Waals surface area contributed by atoms with E-state index in [1.165, 1.54) is 16.7 Å². The van der Waals surface area contributed by atoms with Gasteiger partial charge in [0.1, 0.15) is 6.23 Å². The maximum absolute atomic E-state index is 5.17. The van der Waals surface area contributed by atoms with E-state index >= 15 is 0 Å². The van der Waals surface area contributed by atoms with Gasteiger partial charge in [-0.25, -0.2) is 0 Å². The van der Waals surface area contributed by atoms with E-state index in [0.29, 0.717) is 0 Å². The number of hydrogen-bond acceptors (Lipinski definition) is 2. The van der Waals surface area contributed by atoms with Crippen molar-refractivity contribution in [3.8, 4) is 11.1 Å². The smallest absolute Gasteiger partial charge is 0.105 e. The molecule has 0 bridgehead atoms. The van der Waals surface area contributed by atoms with Crippen molar-refractivity contribution in [3.63, 3.8) is 0 Å². The molecule has 2 aromatic carbocycles. The van der Waals surface area contributed by atoms with Gasteiger partial charge in [-0.2, -0.15) is 0 Å². The van der Waals surface area contributed by atoms with Crippen molar-refractivity contribution in [1.82, 2.24) is 5.32 Å². The van der Waals surface area contributed by atoms with Crippen molar-refractivity contribution in [2.75, 3.05) is 7.11 Å². The summed E-state index contributed by atoms with van der Waals surface area (Å²) in [6.07, 6.45) is 0.0694. The fourth-order valence-electron chi connectivity index (χ4n) is 1.79. The van der Waals surface area contributed by atoms with E-state index < -0.39 is 0 Å². The molecule has 1 N–H and O–H groups in total. The van der Waals surface area contributed by atoms with Crippen LogP contribution in [0.5, 0.6) is 0 Å². The third-order valence-corrected chi connectivity index (χ3v) is 2.93. The van der Waals surface area contributed by atoms with E-state index in [-0.39, 0.29) is 6.23 Å². The van der Waals surface area contributed by atoms with Crippen molar-refractivity contribution in [2.45, 2.75) is 19.7 Å². The molecule has 1 atom stereocenters. The van der Waals surface area contributed by atoms with Gasteiger partial charge in [0.2, 0.25) is 0 Å². The summed E-state index contributed by atoms with van der Waals surface area (Å²) in [4.78, 5) is 0. The Kier molecular flexibility index (Phi) is 4.51. The van der Waals surface area contributed by atoms with Crippen molar-refractivity contribution in [2.24, 2.45) is 0 Å². The lowest BCUT2D eigenvalue weighted by Crippen LogP contribution is -2.26. The van der Waals surface area contributed by atoms with Gasteiger partial charge in [0.15, 0.2) is 0 Å². The van der Waals surface area contributed by atoms with E-state index in [0.717, 1.165) is 6.54 Å². The van der Waals surface area contributed by atoms with Crippen LogP contribution in [-0.4, -0.2) is 13.3 Å². The average Bonchev–Trinajstić information content (AvgIpc) is 2.46. The zero-order valence-electron chi connectivity index (χ0n) is 10.8. The molecule has 0 aliphatic rings. The molecule has 0 aliphatic carbocycles. The summed E-state index contributed by atoms with van der Waals surface area (Å²) in [5.41, 5.74) is 3.70. The van der Waals surface area contributed by atoms with Gasteiger partial charge < -0.3 is 4.74 Å². The molecule has 0 fully saturated rings. The van der Waals surface area contributed by atoms with Gasteiger partial charge in [0.25, 0.3) is 0 Å². The lowest BCUT2D eigenvalue weighted by molar-refractivity contribution is 0.0879. The van der Waals surface area contributed by atoms with Gasteiger partial charge in [-0.15, -0.1) is 0 Å². The monoisotopic (exact) mass is 240 g/mol. The van der Waals surface area contributed by atoms with Crippen LogP contribution in [-0.2, 0) is 11.3 Å². The molecule has 1 radical (unpaired) electrons. The molecule has 0 amide bonds. The molecule has 2 aromatic rings. The SMILES string of the molecule is COC(C)NCc1cccc(-c2cc[c]cc2)c1. The van der Waals surface area contributed by atoms with E-state index in [1.807, 2.05) is 19.1 Å². The quantitative estimate of drug-likeness (QED) is 0.810. The number of ether oxygens (including phenoxy) is 1. The minimum absolute atomic E-state index is 0.0694. The zero-order chi connectivity index (χ0) is 12.8. The van der Waals surface area contributed by atoms with Gasteiger partial charge in [-0.1, -0.05) is 42.5 Å². The number of methoxy groups -OCH3 is 1. The summed E-state index contributed by atoms with van der Waals surface area (Å²) in [5.74, 6) is 0. The van der Waals surface area contributed by atoms with Crippen LogP contribution in [0.4, 0.5) is 0 Å². The average molecular weight is 240 g/mol. The molecule has 18 heavy (non-hydrogen) atoms. The van der Waals surface area contributed by atoms with Crippen LogP contribution in [0, 0.1) is 6.07 Å². The zero-order valence-corrected chi connectivity index (χ0v) is 10.8. The molecule has 2 nitrogen and oxygen atoms in total. The highest BCUT2D eigenvalue weighted by molar-refractivity contribution is 5.63. The molecule has 2 rings (SSSR count). The summed E-state index contributed by atoms with van der Waals surface area (Å²) in [6, 6.07) is 19.6. The molecule has 0 aromatic heterocycles. The Hall–Kier alpha value is -1.64. The highest BCUT2D eigenvalue weighted by Gasteiger charge is 2.01. The van der Waals surface area contributed by atoms with Gasteiger partial charge in [-0.05, 0) is 35.7 Å². The maximum Gasteiger partial charge on any atom is 0.105 e. The first kappa shape index (κ1) is 12.8. The highest BCUT2D eigenvalue weighted by atomic mass is 16.5. The normalized spacial score (nSPS) is 12.3. The third-order valence-electron chi connectivity index (χ3n) is 2.93. The predicted molar refractivity (Wildman–Crippen MR) is 74.0 cm³/mol. The molecular weight excluding hydrogens is 222 g/mol. The summed E-state index contributed by atoms with van der Waals surface area (Å²) in [7, 11) is 1.70. The lowest BCUT2D eigenvalue weighted by atomic mass is 10.0. The Balaban J connectivity index is 2.11. The molecule has 1 unspecified atom stereocenters. The predicted octanol–water partition coefficient (Wildman–Crippen LogP) is 3.24. The Morgan fingerprint density at radius 3 is 2.67 bits per heavy atom. The van der Waals surface area contributed by atoms with Crippen LogP contribution in [0.15, 0.2) is 48.5 Å². The first-order valence-electron chi connectivity index (χ1n) is 6.11. The molecule has 2 heteroatoms. The fraction of sp³-hybridized carbons (Fsp3) is 0.250. The molecule has 0 spiro atoms. The minimum atomic E-state index is 0.0694. The van der Waals surface area contributed by atoms with E-state index in [9.17, 15) is 0 Å². The summed E-state index contributed by atoms with van der Waals surface area (Å²) >= 11 is 0. The van der Waals surface area contributed by atoms with Crippen LogP contribution >= 0.6 is 0 Å². The van der Waals surface area contributed by atoms with E-state index in [2.05, 4.69) is 47.8 Å². The Morgan fingerprint density at radius 1 is 1.17 bits per heavy atom. The Bertz CT molecular complexity index is 481. The standard InChI is InChI=1S/C16H18NO/c1-13(18-2)17-12-14-7-6-10-16(11-14)15-8-4-3-5-9-15/h4-11,13,17H,12H2,1-2H3. The van der Waals surface area contributed by atoms with Crippen molar-refractivity contribution >= 4 is 0 Å². The van der Waals surface area contributed by atoms with E-state index in [1.54, 1.807) is 7.11 Å². The van der Waals surface area contributed by atoms with Crippen LogP contribution in [0.1, 0.15) is 12.5 Å². The topological polar surface area (TPSA) is 21.3 Å². The number of hydrogen-bond donors (Lipinski definition) is 1. The second-order valence-electron chi connectivity index (χ2n) is 4.25. The van der Waals surface area contributed by atoms with Crippen LogP contribution < -0.4 is 5.32 Å². The summed E-state index contributed by atoms with van der Waals surface area (Å²) in [5, 5.41) is 3.30. The van der Waals surface area contributed by atoms with Crippen LogP contribution in [0.3, 0.4) is 0 Å². The maximum atomic E-state index is 5.17. The molecule has 93 valence electrons. The third kappa shape index (κ3) is 3.42. The largest absolute Gasteiger partial charge is 0.367 e. The van der Waals surface area contributed by atoms with Gasteiger partial charge >= 0.3 is 0 Å². The van der Waals surface area contributed by atoms with Crippen molar-refractivity contribution in [1.29, 1.82) is 0 Å². The highest BCUT2D eigenvalue weighted by Crippen LogP contribution is 2.19. The molecular formula is C16H18NO. The van der Waals surface area contributed by atoms with Gasteiger partial charge in [-0.3, -0.25) is 5.32 Å². The van der Waals surface area contributed by atoms with Crippen molar-refractivity contribution < 1.29 is 4.74 Å². The number of nitrogens with one attached hydrogen (secondary N) is 1. The first-order chi connectivity index (χ1) is 8.79. The second kappa shape index (κ2) is 6.34. The second-order valence-corrected chi connectivity index (χ2v) is 4.25. The molecule has 0 saturated heterocycles. The summed E-state index contributed by atoms with van der Waals surface area (Å²) < 4.78 is 5.17. The van der Waals surface area contributed by atoms with Gasteiger partial charge in [0, 0.05) is 13.7 Å². The van der Waals surface area contributed by atoms with Crippen LogP contribution in [0.2, 0.25) is 0 Å². The fourth-order valence-corrected chi connectivity index (χ4v) is 1.79. The number of benzene rings is 2. The molecule has 0 saturated carbocycles. The van der Waals surface area contributed by atoms with Gasteiger partial charge in [0.05, 0.1) is 0 Å². The first-order valence-corrected chi connectivity index (χ1v) is 6.11. The molecule has 0 heterocycles. The molecule has 0 aliphatic heterocycles. The Labute approximate surface area is 109 Å². The summed E-state index contributed by atoms with van der Waals surface area (Å²) in [6.45, 7) is 2.80. The Morgan fingerprint density at radius 2 is 1.94 bits per heavy atom. The number of rotatable bonds is 5.